The molecule has 0 spiro atoms. The molecule has 0 bridgehead atoms. The maximum Gasteiger partial charge on any atom is 0.241 e. The number of carbonyl (C=O) groups is 1. The molecule has 0 aliphatic carbocycles. The first-order valence-corrected chi connectivity index (χ1v) is 11.4. The van der Waals surface area contributed by atoms with Crippen molar-refractivity contribution in [3.05, 3.63) is 65.7 Å². The lowest BCUT2D eigenvalue weighted by Crippen LogP contribution is -2.27. The molecule has 1 atom stereocenters. The number of carbonyl (C=O) groups excluding carboxylic acids is 1. The van der Waals surface area contributed by atoms with Gasteiger partial charge in [-0.25, -0.2) is 13.1 Å². The predicted molar refractivity (Wildman–Crippen MR) is 114 cm³/mol. The third-order valence-corrected chi connectivity index (χ3v) is 6.05. The molecule has 2 aromatic rings. The van der Waals surface area contributed by atoms with E-state index in [-0.39, 0.29) is 16.8 Å². The van der Waals surface area contributed by atoms with Gasteiger partial charge < -0.3 is 10.1 Å². The van der Waals surface area contributed by atoms with Crippen LogP contribution in [0, 0.1) is 0 Å². The van der Waals surface area contributed by atoms with Crippen molar-refractivity contribution in [1.82, 2.24) is 10.0 Å². The Labute approximate surface area is 173 Å². The summed E-state index contributed by atoms with van der Waals surface area (Å²) in [7, 11) is -3.62. The minimum absolute atomic E-state index is 0.0171. The first kappa shape index (κ1) is 23.1. The van der Waals surface area contributed by atoms with Gasteiger partial charge >= 0.3 is 0 Å². The quantitative estimate of drug-likeness (QED) is 0.519. The number of hydrogen-bond acceptors (Lipinski definition) is 4. The maximum absolute atomic E-state index is 12.6. The number of sulfonamides is 1. The first-order chi connectivity index (χ1) is 13.9. The smallest absolute Gasteiger partial charge is 0.241 e. The molecule has 0 aliphatic heterocycles. The van der Waals surface area contributed by atoms with E-state index in [1.807, 2.05) is 44.2 Å². The molecule has 0 saturated carbocycles. The van der Waals surface area contributed by atoms with Crippen LogP contribution >= 0.6 is 0 Å². The van der Waals surface area contributed by atoms with E-state index in [0.29, 0.717) is 32.6 Å². The fourth-order valence-electron chi connectivity index (χ4n) is 2.84. The summed E-state index contributed by atoms with van der Waals surface area (Å²) in [5.74, 6) is -0.0171. The highest BCUT2D eigenvalue weighted by Gasteiger charge is 2.18. The number of hydrogen-bond donors (Lipinski definition) is 2. The minimum Gasteiger partial charge on any atom is -0.382 e. The molecule has 0 heterocycles. The molecular formula is C22H30N2O4S. The lowest BCUT2D eigenvalue weighted by Gasteiger charge is -2.15. The standard InChI is InChI=1S/C22H30N2O4S/c1-3-28-17-7-16-23-22(25)15-12-19-10-13-21(14-11-19)29(26,27)24-18(2)20-8-5-4-6-9-20/h4-6,8-11,13-14,18,24H,3,7,12,15-17H2,1-2H3,(H,23,25)/t18-/m0/s1. The largest absolute Gasteiger partial charge is 0.382 e. The Hall–Kier alpha value is -2.22. The lowest BCUT2D eigenvalue weighted by atomic mass is 10.1. The van der Waals surface area contributed by atoms with Crippen LogP contribution in [0.25, 0.3) is 0 Å². The monoisotopic (exact) mass is 418 g/mol. The molecule has 2 rings (SSSR count). The van der Waals surface area contributed by atoms with E-state index in [9.17, 15) is 13.2 Å². The fourth-order valence-corrected chi connectivity index (χ4v) is 4.07. The van der Waals surface area contributed by atoms with Gasteiger partial charge in [0.25, 0.3) is 0 Å². The molecule has 0 aromatic heterocycles. The highest BCUT2D eigenvalue weighted by Crippen LogP contribution is 2.17. The molecular weight excluding hydrogens is 388 g/mol. The number of nitrogens with one attached hydrogen (secondary N) is 2. The molecule has 0 aliphatic rings. The van der Waals surface area contributed by atoms with E-state index in [0.717, 1.165) is 17.5 Å². The molecule has 0 saturated heterocycles. The number of benzene rings is 2. The van der Waals surface area contributed by atoms with Crippen LogP contribution in [0.2, 0.25) is 0 Å². The Balaban J connectivity index is 1.83. The van der Waals surface area contributed by atoms with Crippen LogP contribution < -0.4 is 10.0 Å². The molecule has 6 nitrogen and oxygen atoms in total. The van der Waals surface area contributed by atoms with E-state index in [4.69, 9.17) is 4.74 Å². The van der Waals surface area contributed by atoms with Crippen LogP contribution in [0.4, 0.5) is 0 Å². The average Bonchev–Trinajstić information content (AvgIpc) is 2.72. The van der Waals surface area contributed by atoms with Crippen LogP contribution in [-0.2, 0) is 26.0 Å². The SMILES string of the molecule is CCOCCCNC(=O)CCc1ccc(S(=O)(=O)N[C@@H](C)c2ccccc2)cc1. The highest BCUT2D eigenvalue weighted by molar-refractivity contribution is 7.89. The maximum atomic E-state index is 12.6. The molecule has 7 heteroatoms. The summed E-state index contributed by atoms with van der Waals surface area (Å²) in [6.45, 7) is 5.68. The van der Waals surface area contributed by atoms with Gasteiger partial charge in [0.1, 0.15) is 0 Å². The zero-order valence-electron chi connectivity index (χ0n) is 17.1. The highest BCUT2D eigenvalue weighted by atomic mass is 32.2. The third kappa shape index (κ3) is 7.97. The lowest BCUT2D eigenvalue weighted by molar-refractivity contribution is -0.121. The molecule has 2 aromatic carbocycles. The fraction of sp³-hybridized carbons (Fsp3) is 0.409. The van der Waals surface area contributed by atoms with Gasteiger partial charge in [0, 0.05) is 32.2 Å². The van der Waals surface area contributed by atoms with Crippen molar-refractivity contribution in [3.63, 3.8) is 0 Å². The zero-order valence-corrected chi connectivity index (χ0v) is 17.9. The van der Waals surface area contributed by atoms with Gasteiger partial charge in [-0.3, -0.25) is 4.79 Å². The number of aryl methyl sites for hydroxylation is 1. The minimum atomic E-state index is -3.62. The molecule has 0 unspecified atom stereocenters. The van der Waals surface area contributed by atoms with Crippen LogP contribution in [-0.4, -0.2) is 34.1 Å². The van der Waals surface area contributed by atoms with Crippen molar-refractivity contribution in [2.45, 2.75) is 44.0 Å². The van der Waals surface area contributed by atoms with Crippen LogP contribution in [0.5, 0.6) is 0 Å². The Morgan fingerprint density at radius 2 is 1.76 bits per heavy atom. The summed E-state index contributed by atoms with van der Waals surface area (Å²) in [5, 5.41) is 2.86. The van der Waals surface area contributed by atoms with Gasteiger partial charge in [-0.2, -0.15) is 0 Å². The molecule has 158 valence electrons. The molecule has 0 radical (unpaired) electrons. The molecule has 1 amide bonds. The molecule has 2 N–H and O–H groups in total. The summed E-state index contributed by atoms with van der Waals surface area (Å²) >= 11 is 0. The van der Waals surface area contributed by atoms with Crippen molar-refractivity contribution in [3.8, 4) is 0 Å². The van der Waals surface area contributed by atoms with Crippen molar-refractivity contribution in [2.24, 2.45) is 0 Å². The Morgan fingerprint density at radius 1 is 1.07 bits per heavy atom. The Kier molecular flexibility index (Phi) is 9.31. The van der Waals surface area contributed by atoms with E-state index >= 15 is 0 Å². The van der Waals surface area contributed by atoms with Crippen molar-refractivity contribution < 1.29 is 17.9 Å². The zero-order chi connectivity index (χ0) is 21.1. The second-order valence-corrected chi connectivity index (χ2v) is 8.51. The summed E-state index contributed by atoms with van der Waals surface area (Å²) in [6, 6.07) is 15.8. The third-order valence-electron chi connectivity index (χ3n) is 4.50. The predicted octanol–water partition coefficient (Wildman–Crippen LogP) is 3.20. The first-order valence-electron chi connectivity index (χ1n) is 9.93. The Bertz CT molecular complexity index is 852. The molecule has 29 heavy (non-hydrogen) atoms. The summed E-state index contributed by atoms with van der Waals surface area (Å²) in [5.41, 5.74) is 1.82. The Morgan fingerprint density at radius 3 is 2.41 bits per heavy atom. The second kappa shape index (κ2) is 11.7. The van der Waals surface area contributed by atoms with Gasteiger partial charge in [-0.05, 0) is 49.9 Å². The van der Waals surface area contributed by atoms with E-state index in [1.165, 1.54) is 0 Å². The van der Waals surface area contributed by atoms with Crippen molar-refractivity contribution >= 4 is 15.9 Å². The van der Waals surface area contributed by atoms with Gasteiger partial charge in [0.05, 0.1) is 4.90 Å². The number of amides is 1. The van der Waals surface area contributed by atoms with Crippen molar-refractivity contribution in [2.75, 3.05) is 19.8 Å². The van der Waals surface area contributed by atoms with E-state index in [1.54, 1.807) is 24.3 Å². The number of rotatable bonds is 12. The van der Waals surface area contributed by atoms with E-state index < -0.39 is 10.0 Å². The topological polar surface area (TPSA) is 84.5 Å². The van der Waals surface area contributed by atoms with Gasteiger partial charge in [0.2, 0.25) is 15.9 Å². The van der Waals surface area contributed by atoms with Gasteiger partial charge in [-0.15, -0.1) is 0 Å². The second-order valence-electron chi connectivity index (χ2n) is 6.80. The average molecular weight is 419 g/mol. The molecule has 0 fully saturated rings. The van der Waals surface area contributed by atoms with Gasteiger partial charge in [0.15, 0.2) is 0 Å². The van der Waals surface area contributed by atoms with E-state index in [2.05, 4.69) is 10.0 Å². The van der Waals surface area contributed by atoms with Crippen LogP contribution in [0.3, 0.4) is 0 Å². The summed E-state index contributed by atoms with van der Waals surface area (Å²) in [6.07, 6.45) is 1.72. The number of ether oxygens (including phenoxy) is 1. The van der Waals surface area contributed by atoms with Crippen molar-refractivity contribution in [1.29, 1.82) is 0 Å². The summed E-state index contributed by atoms with van der Waals surface area (Å²) in [4.78, 5) is 12.1. The normalized spacial score (nSPS) is 12.5. The van der Waals surface area contributed by atoms with Crippen LogP contribution in [0.15, 0.2) is 59.5 Å². The van der Waals surface area contributed by atoms with Gasteiger partial charge in [-0.1, -0.05) is 42.5 Å². The summed E-state index contributed by atoms with van der Waals surface area (Å²) < 4.78 is 33.1. The van der Waals surface area contributed by atoms with Crippen LogP contribution in [0.1, 0.15) is 43.9 Å².